The van der Waals surface area contributed by atoms with Gasteiger partial charge in [-0.3, -0.25) is 0 Å². The largest absolute Gasteiger partial charge is 0.355 e. The van der Waals surface area contributed by atoms with Crippen LogP contribution in [0.1, 0.15) is 19.0 Å². The summed E-state index contributed by atoms with van der Waals surface area (Å²) in [5.74, 6) is 1.71. The highest BCUT2D eigenvalue weighted by Gasteiger charge is 2.17. The molecule has 2 rings (SSSR count). The van der Waals surface area contributed by atoms with Crippen LogP contribution in [0.25, 0.3) is 0 Å². The summed E-state index contributed by atoms with van der Waals surface area (Å²) in [6.45, 7) is 10.6. The minimum atomic E-state index is 0.587. The van der Waals surface area contributed by atoms with Gasteiger partial charge in [0, 0.05) is 31.9 Å². The summed E-state index contributed by atoms with van der Waals surface area (Å²) in [5, 5.41) is 0. The van der Waals surface area contributed by atoms with Crippen LogP contribution >= 0.6 is 0 Å². The van der Waals surface area contributed by atoms with E-state index in [0.717, 1.165) is 44.2 Å². The van der Waals surface area contributed by atoms with Crippen LogP contribution in [-0.4, -0.2) is 49.2 Å². The number of hydrogen-bond acceptors (Lipinski definition) is 4. The van der Waals surface area contributed by atoms with Crippen LogP contribution in [0.15, 0.2) is 18.2 Å². The van der Waals surface area contributed by atoms with Crippen molar-refractivity contribution in [3.8, 4) is 0 Å². The molecule has 0 radical (unpaired) electrons. The minimum Gasteiger partial charge on any atom is -0.355 e. The van der Waals surface area contributed by atoms with E-state index < -0.39 is 0 Å². The van der Waals surface area contributed by atoms with E-state index in [9.17, 15) is 0 Å². The lowest BCUT2D eigenvalue weighted by atomic mass is 10.1. The van der Waals surface area contributed by atoms with Crippen LogP contribution in [0.2, 0.25) is 0 Å². The second-order valence-electron chi connectivity index (χ2n) is 5.62. The summed E-state index contributed by atoms with van der Waals surface area (Å²) in [5.41, 5.74) is 6.81. The van der Waals surface area contributed by atoms with Gasteiger partial charge < -0.3 is 15.5 Å². The number of nitrogens with two attached hydrogens (primary N) is 1. The van der Waals surface area contributed by atoms with E-state index in [0.29, 0.717) is 5.92 Å². The molecule has 0 bridgehead atoms. The fraction of sp³-hybridized carbons (Fsp3) is 0.667. The molecule has 1 fully saturated rings. The molecular formula is C15H26N4. The fourth-order valence-corrected chi connectivity index (χ4v) is 2.60. The number of anilines is 1. The maximum Gasteiger partial charge on any atom is 0.128 e. The van der Waals surface area contributed by atoms with Crippen molar-refractivity contribution in [2.24, 2.45) is 11.7 Å². The van der Waals surface area contributed by atoms with Gasteiger partial charge in [-0.1, -0.05) is 13.0 Å². The van der Waals surface area contributed by atoms with Crippen LogP contribution in [0.4, 0.5) is 5.82 Å². The Kier molecular flexibility index (Phi) is 5.16. The minimum absolute atomic E-state index is 0.587. The zero-order valence-corrected chi connectivity index (χ0v) is 12.2. The third-order valence-electron chi connectivity index (χ3n) is 3.76. The first kappa shape index (κ1) is 14.3. The summed E-state index contributed by atoms with van der Waals surface area (Å²) in [4.78, 5) is 9.57. The Balaban J connectivity index is 1.93. The molecule has 1 aliphatic rings. The van der Waals surface area contributed by atoms with Gasteiger partial charge >= 0.3 is 0 Å². The molecule has 0 spiro atoms. The van der Waals surface area contributed by atoms with Gasteiger partial charge in [-0.05, 0) is 44.5 Å². The first-order chi connectivity index (χ1) is 9.19. The van der Waals surface area contributed by atoms with E-state index in [1.54, 1.807) is 0 Å². The van der Waals surface area contributed by atoms with Crippen LogP contribution < -0.4 is 10.6 Å². The second kappa shape index (κ2) is 6.87. The number of nitrogens with zero attached hydrogens (tertiary/aromatic N) is 3. The quantitative estimate of drug-likeness (QED) is 0.893. The highest BCUT2D eigenvalue weighted by Crippen LogP contribution is 2.14. The maximum atomic E-state index is 5.72. The third-order valence-corrected chi connectivity index (χ3v) is 3.76. The van der Waals surface area contributed by atoms with Gasteiger partial charge in [0.05, 0.1) is 0 Å². The Hall–Kier alpha value is -1.13. The first-order valence-corrected chi connectivity index (χ1v) is 7.30. The van der Waals surface area contributed by atoms with Crippen LogP contribution in [0.3, 0.4) is 0 Å². The molecule has 0 saturated carbocycles. The standard InChI is InChI=1S/C15H26N4/c1-13(11-16)12-18-7-4-8-19(10-9-18)15-6-3-5-14(2)17-15/h3,5-6,13H,4,7-12,16H2,1-2H3. The van der Waals surface area contributed by atoms with Crippen molar-refractivity contribution < 1.29 is 0 Å². The normalized spacial score (nSPS) is 19.2. The van der Waals surface area contributed by atoms with Crippen LogP contribution in [-0.2, 0) is 0 Å². The Morgan fingerprint density at radius 1 is 1.26 bits per heavy atom. The molecule has 4 nitrogen and oxygen atoms in total. The van der Waals surface area contributed by atoms with E-state index in [1.165, 1.54) is 13.0 Å². The molecule has 1 aliphatic heterocycles. The average molecular weight is 262 g/mol. The van der Waals surface area contributed by atoms with Crippen LogP contribution in [0, 0.1) is 12.8 Å². The summed E-state index contributed by atoms with van der Waals surface area (Å²) in [6.07, 6.45) is 1.20. The van der Waals surface area contributed by atoms with E-state index in [4.69, 9.17) is 5.73 Å². The lowest BCUT2D eigenvalue weighted by molar-refractivity contribution is 0.255. The molecule has 2 N–H and O–H groups in total. The number of rotatable bonds is 4. The van der Waals surface area contributed by atoms with Crippen molar-refractivity contribution >= 4 is 5.82 Å². The van der Waals surface area contributed by atoms with Crippen molar-refractivity contribution in [3.63, 3.8) is 0 Å². The van der Waals surface area contributed by atoms with Gasteiger partial charge in [-0.15, -0.1) is 0 Å². The van der Waals surface area contributed by atoms with Crippen LogP contribution in [0.5, 0.6) is 0 Å². The van der Waals surface area contributed by atoms with Gasteiger partial charge in [0.25, 0.3) is 0 Å². The summed E-state index contributed by atoms with van der Waals surface area (Å²) >= 11 is 0. The average Bonchev–Trinajstić information content (AvgIpc) is 2.64. The zero-order valence-electron chi connectivity index (χ0n) is 12.2. The molecule has 19 heavy (non-hydrogen) atoms. The SMILES string of the molecule is Cc1cccc(N2CCCN(CC(C)CN)CC2)n1. The van der Waals surface area contributed by atoms with Gasteiger partial charge in [0.15, 0.2) is 0 Å². The molecule has 4 heteroatoms. The van der Waals surface area contributed by atoms with Crippen molar-refractivity contribution in [2.75, 3.05) is 44.2 Å². The number of aromatic nitrogens is 1. The van der Waals surface area contributed by atoms with Gasteiger partial charge in [-0.25, -0.2) is 4.98 Å². The smallest absolute Gasteiger partial charge is 0.128 e. The fourth-order valence-electron chi connectivity index (χ4n) is 2.60. The molecule has 2 heterocycles. The first-order valence-electron chi connectivity index (χ1n) is 7.30. The summed E-state index contributed by atoms with van der Waals surface area (Å²) in [6, 6.07) is 6.26. The highest BCUT2D eigenvalue weighted by atomic mass is 15.2. The number of pyridine rings is 1. The molecule has 0 aliphatic carbocycles. The van der Waals surface area contributed by atoms with Crippen molar-refractivity contribution in [2.45, 2.75) is 20.3 Å². The van der Waals surface area contributed by atoms with Crippen molar-refractivity contribution in [3.05, 3.63) is 23.9 Å². The van der Waals surface area contributed by atoms with E-state index in [2.05, 4.69) is 46.8 Å². The lowest BCUT2D eigenvalue weighted by Gasteiger charge is -2.24. The predicted molar refractivity (Wildman–Crippen MR) is 80.5 cm³/mol. The molecule has 0 amide bonds. The van der Waals surface area contributed by atoms with Gasteiger partial charge in [0.1, 0.15) is 5.82 Å². The molecule has 1 atom stereocenters. The molecule has 1 unspecified atom stereocenters. The Bertz CT molecular complexity index is 393. The second-order valence-corrected chi connectivity index (χ2v) is 5.62. The highest BCUT2D eigenvalue weighted by molar-refractivity contribution is 5.39. The molecule has 106 valence electrons. The van der Waals surface area contributed by atoms with Crippen molar-refractivity contribution in [1.82, 2.24) is 9.88 Å². The number of hydrogen-bond donors (Lipinski definition) is 1. The van der Waals surface area contributed by atoms with Gasteiger partial charge in [0.2, 0.25) is 0 Å². The van der Waals surface area contributed by atoms with Gasteiger partial charge in [-0.2, -0.15) is 0 Å². The predicted octanol–water partition coefficient (Wildman–Crippen LogP) is 1.50. The molecule has 1 aromatic rings. The van der Waals surface area contributed by atoms with Crippen molar-refractivity contribution in [1.29, 1.82) is 0 Å². The lowest BCUT2D eigenvalue weighted by Crippen LogP contribution is -2.35. The maximum absolute atomic E-state index is 5.72. The topological polar surface area (TPSA) is 45.4 Å². The molecule has 0 aromatic carbocycles. The summed E-state index contributed by atoms with van der Waals surface area (Å²) in [7, 11) is 0. The Morgan fingerprint density at radius 3 is 2.84 bits per heavy atom. The molecule has 1 aromatic heterocycles. The molecular weight excluding hydrogens is 236 g/mol. The van der Waals surface area contributed by atoms with E-state index in [1.807, 2.05) is 0 Å². The summed E-state index contributed by atoms with van der Waals surface area (Å²) < 4.78 is 0. The zero-order chi connectivity index (χ0) is 13.7. The Labute approximate surface area is 116 Å². The monoisotopic (exact) mass is 262 g/mol. The van der Waals surface area contributed by atoms with E-state index >= 15 is 0 Å². The molecule has 1 saturated heterocycles. The third kappa shape index (κ3) is 4.18. The Morgan fingerprint density at radius 2 is 2.11 bits per heavy atom. The van der Waals surface area contributed by atoms with E-state index in [-0.39, 0.29) is 0 Å². The number of aryl methyl sites for hydroxylation is 1.